The molecule has 0 aliphatic heterocycles. The van der Waals surface area contributed by atoms with Crippen LogP contribution in [0.2, 0.25) is 0 Å². The number of rotatable bonds is 13. The smallest absolute Gasteiger partial charge is 0.142 e. The maximum absolute atomic E-state index is 11.3. The summed E-state index contributed by atoms with van der Waals surface area (Å²) in [7, 11) is 0. The van der Waals surface area contributed by atoms with Gasteiger partial charge in [0, 0.05) is 30.5 Å². The van der Waals surface area contributed by atoms with Crippen molar-refractivity contribution in [1.82, 2.24) is 4.90 Å². The molecule has 5 rings (SSSR count). The molecule has 0 heterocycles. The van der Waals surface area contributed by atoms with E-state index in [1.165, 1.54) is 11.1 Å². The van der Waals surface area contributed by atoms with Crippen molar-refractivity contribution in [3.63, 3.8) is 0 Å². The lowest BCUT2D eigenvalue weighted by Crippen LogP contribution is -2.37. The van der Waals surface area contributed by atoms with E-state index < -0.39 is 6.10 Å². The van der Waals surface area contributed by atoms with Gasteiger partial charge in [-0.1, -0.05) is 97.1 Å². The average Bonchev–Trinajstić information content (AvgIpc) is 3.02. The van der Waals surface area contributed by atoms with E-state index in [1.54, 1.807) is 0 Å². The highest BCUT2D eigenvalue weighted by Crippen LogP contribution is 2.28. The number of aliphatic hydroxyl groups is 1. The first kappa shape index (κ1) is 28.9. The number of nitrogens with two attached hydrogens (primary N) is 1. The Morgan fingerprint density at radius 3 is 1.95 bits per heavy atom. The Balaban J connectivity index is 1.25. The first-order chi connectivity index (χ1) is 20.5. The van der Waals surface area contributed by atoms with Crippen LogP contribution in [0.1, 0.15) is 35.3 Å². The van der Waals surface area contributed by atoms with Crippen LogP contribution in [0, 0.1) is 0 Å². The van der Waals surface area contributed by atoms with Gasteiger partial charge in [0.2, 0.25) is 0 Å². The maximum Gasteiger partial charge on any atom is 0.142 e. The molecule has 42 heavy (non-hydrogen) atoms. The summed E-state index contributed by atoms with van der Waals surface area (Å²) in [4.78, 5) is 2.34. The number of nitrogens with one attached hydrogen (secondary N) is 1. The summed E-state index contributed by atoms with van der Waals surface area (Å²) in [6.07, 6.45) is 0.165. The Morgan fingerprint density at radius 2 is 1.31 bits per heavy atom. The van der Waals surface area contributed by atoms with Gasteiger partial charge in [0.25, 0.3) is 0 Å². The van der Waals surface area contributed by atoms with Crippen LogP contribution in [0.25, 0.3) is 0 Å². The van der Waals surface area contributed by atoms with Gasteiger partial charge in [0.1, 0.15) is 12.4 Å². The van der Waals surface area contributed by atoms with Crippen LogP contribution in [-0.4, -0.2) is 22.6 Å². The van der Waals surface area contributed by atoms with Crippen molar-refractivity contribution < 1.29 is 9.84 Å². The standard InChI is InChI=1S/C37H39N3O2/c1-28(23-29-17-20-34(21-18-29)39-33-15-9-4-10-16-33)40(25-30-11-5-2-6-12-30)26-36(41)32-19-22-37(35(38)24-32)42-27-31-13-7-3-8-14-31/h2-22,24,28,36,39,41H,23,25-27,38H2,1H3/t28-,36-/m0/s1. The zero-order valence-electron chi connectivity index (χ0n) is 24.1. The summed E-state index contributed by atoms with van der Waals surface area (Å²) in [5, 5.41) is 14.8. The van der Waals surface area contributed by atoms with Gasteiger partial charge in [-0.2, -0.15) is 0 Å². The molecule has 0 spiro atoms. The fraction of sp³-hybridized carbons (Fsp3) is 0.189. The number of nitrogens with zero attached hydrogens (tertiary/aromatic N) is 1. The van der Waals surface area contributed by atoms with Crippen molar-refractivity contribution >= 4 is 17.1 Å². The van der Waals surface area contributed by atoms with Crippen molar-refractivity contribution in [2.45, 2.75) is 38.6 Å². The molecule has 5 aromatic carbocycles. The summed E-state index contributed by atoms with van der Waals surface area (Å²) in [5.74, 6) is 0.620. The number of hydrogen-bond donors (Lipinski definition) is 3. The molecule has 0 amide bonds. The fourth-order valence-corrected chi connectivity index (χ4v) is 5.07. The molecular weight excluding hydrogens is 518 g/mol. The van der Waals surface area contributed by atoms with Gasteiger partial charge in [0.05, 0.1) is 11.8 Å². The Bertz CT molecular complexity index is 1510. The SMILES string of the molecule is C[C@@H](Cc1ccc(Nc2ccccc2)cc1)N(Cc1ccccc1)C[C@H](O)c1ccc(OCc2ccccc2)c(N)c1. The quantitative estimate of drug-likeness (QED) is 0.129. The molecule has 0 radical (unpaired) electrons. The van der Waals surface area contributed by atoms with Crippen LogP contribution < -0.4 is 15.8 Å². The van der Waals surface area contributed by atoms with Crippen molar-refractivity contribution in [1.29, 1.82) is 0 Å². The predicted molar refractivity (Wildman–Crippen MR) is 173 cm³/mol. The molecule has 2 atom stereocenters. The van der Waals surface area contributed by atoms with Gasteiger partial charge in [-0.15, -0.1) is 0 Å². The predicted octanol–water partition coefficient (Wildman–Crippen LogP) is 7.76. The summed E-state index contributed by atoms with van der Waals surface area (Å²) >= 11 is 0. The minimum Gasteiger partial charge on any atom is -0.487 e. The molecule has 5 heteroatoms. The molecule has 0 saturated carbocycles. The Hall–Kier alpha value is -4.58. The second-order valence-electron chi connectivity index (χ2n) is 10.7. The van der Waals surface area contributed by atoms with Crippen LogP contribution in [0.5, 0.6) is 5.75 Å². The third-order valence-electron chi connectivity index (χ3n) is 7.46. The van der Waals surface area contributed by atoms with E-state index in [1.807, 2.05) is 72.8 Å². The van der Waals surface area contributed by atoms with E-state index in [-0.39, 0.29) is 6.04 Å². The highest BCUT2D eigenvalue weighted by Gasteiger charge is 2.20. The molecule has 214 valence electrons. The second-order valence-corrected chi connectivity index (χ2v) is 10.7. The zero-order valence-corrected chi connectivity index (χ0v) is 24.1. The maximum atomic E-state index is 11.3. The van der Waals surface area contributed by atoms with Gasteiger partial charge in [-0.3, -0.25) is 4.90 Å². The topological polar surface area (TPSA) is 70.8 Å². The van der Waals surface area contributed by atoms with E-state index in [0.29, 0.717) is 24.6 Å². The van der Waals surface area contributed by atoms with Gasteiger partial charge in [-0.25, -0.2) is 0 Å². The Kier molecular flexibility index (Phi) is 9.89. The zero-order chi connectivity index (χ0) is 29.1. The molecule has 0 fully saturated rings. The lowest BCUT2D eigenvalue weighted by Gasteiger charge is -2.31. The first-order valence-electron chi connectivity index (χ1n) is 14.5. The number of ether oxygens (including phenoxy) is 1. The van der Waals surface area contributed by atoms with E-state index in [0.717, 1.165) is 35.5 Å². The lowest BCUT2D eigenvalue weighted by atomic mass is 10.0. The van der Waals surface area contributed by atoms with E-state index in [4.69, 9.17) is 10.5 Å². The lowest BCUT2D eigenvalue weighted by molar-refractivity contribution is 0.0859. The highest BCUT2D eigenvalue weighted by atomic mass is 16.5. The Labute approximate surface area is 249 Å². The molecular formula is C37H39N3O2. The van der Waals surface area contributed by atoms with Crippen molar-refractivity contribution in [2.75, 3.05) is 17.6 Å². The van der Waals surface area contributed by atoms with Crippen LogP contribution in [0.4, 0.5) is 17.1 Å². The molecule has 0 bridgehead atoms. The summed E-state index contributed by atoms with van der Waals surface area (Å²) in [6.45, 7) is 3.88. The van der Waals surface area contributed by atoms with E-state index in [2.05, 4.69) is 77.8 Å². The molecule has 0 unspecified atom stereocenters. The summed E-state index contributed by atoms with van der Waals surface area (Å²) in [5.41, 5.74) is 13.3. The largest absolute Gasteiger partial charge is 0.487 e. The summed E-state index contributed by atoms with van der Waals surface area (Å²) in [6, 6.07) is 45.0. The van der Waals surface area contributed by atoms with Gasteiger partial charge in [-0.05, 0) is 72.0 Å². The number of benzene rings is 5. The number of para-hydroxylation sites is 1. The van der Waals surface area contributed by atoms with Gasteiger partial charge in [0.15, 0.2) is 0 Å². The van der Waals surface area contributed by atoms with Crippen LogP contribution in [-0.2, 0) is 19.6 Å². The summed E-state index contributed by atoms with van der Waals surface area (Å²) < 4.78 is 5.94. The molecule has 5 aromatic rings. The number of hydrogen-bond acceptors (Lipinski definition) is 5. The minimum atomic E-state index is -0.695. The number of nitrogen functional groups attached to an aromatic ring is 1. The third kappa shape index (κ3) is 8.23. The van der Waals surface area contributed by atoms with E-state index >= 15 is 0 Å². The van der Waals surface area contributed by atoms with Crippen LogP contribution in [0.3, 0.4) is 0 Å². The van der Waals surface area contributed by atoms with E-state index in [9.17, 15) is 5.11 Å². The van der Waals surface area contributed by atoms with Crippen LogP contribution in [0.15, 0.2) is 133 Å². The van der Waals surface area contributed by atoms with Crippen molar-refractivity contribution in [2.24, 2.45) is 0 Å². The Morgan fingerprint density at radius 1 is 0.714 bits per heavy atom. The van der Waals surface area contributed by atoms with Crippen LogP contribution >= 0.6 is 0 Å². The fourth-order valence-electron chi connectivity index (χ4n) is 5.07. The molecule has 0 aliphatic carbocycles. The average molecular weight is 558 g/mol. The third-order valence-corrected chi connectivity index (χ3v) is 7.46. The molecule has 0 aromatic heterocycles. The monoisotopic (exact) mass is 557 g/mol. The second kappa shape index (κ2) is 14.4. The first-order valence-corrected chi connectivity index (χ1v) is 14.5. The normalized spacial score (nSPS) is 12.5. The number of aliphatic hydroxyl groups excluding tert-OH is 1. The molecule has 5 nitrogen and oxygen atoms in total. The molecule has 4 N–H and O–H groups in total. The van der Waals surface area contributed by atoms with Crippen molar-refractivity contribution in [3.8, 4) is 5.75 Å². The molecule has 0 saturated heterocycles. The van der Waals surface area contributed by atoms with Gasteiger partial charge < -0.3 is 20.9 Å². The van der Waals surface area contributed by atoms with Crippen molar-refractivity contribution in [3.05, 3.63) is 156 Å². The van der Waals surface area contributed by atoms with Gasteiger partial charge >= 0.3 is 0 Å². The minimum absolute atomic E-state index is 0.193. The molecule has 0 aliphatic rings. The number of anilines is 3. The highest BCUT2D eigenvalue weighted by molar-refractivity contribution is 5.59.